The number of aliphatic hydroxyl groups excluding tert-OH is 1. The quantitative estimate of drug-likeness (QED) is 0.863. The molecule has 2 unspecified atom stereocenters. The smallest absolute Gasteiger partial charge is 0.137 e. The zero-order valence-electron chi connectivity index (χ0n) is 12.0. The van der Waals surface area contributed by atoms with Gasteiger partial charge in [0, 0.05) is 12.6 Å². The van der Waals surface area contributed by atoms with E-state index in [-0.39, 0.29) is 6.61 Å². The van der Waals surface area contributed by atoms with Gasteiger partial charge in [0.15, 0.2) is 0 Å². The molecule has 1 aromatic carbocycles. The van der Waals surface area contributed by atoms with Crippen LogP contribution in [0.5, 0.6) is 5.75 Å². The summed E-state index contributed by atoms with van der Waals surface area (Å²) in [4.78, 5) is 2.34. The number of para-hydroxylation sites is 1. The average molecular weight is 274 g/mol. The molecule has 0 bridgehead atoms. The van der Waals surface area contributed by atoms with E-state index in [0.29, 0.717) is 23.9 Å². The van der Waals surface area contributed by atoms with Gasteiger partial charge in [-0.1, -0.05) is 19.1 Å². The van der Waals surface area contributed by atoms with E-state index in [2.05, 4.69) is 17.9 Å². The third kappa shape index (κ3) is 3.72. The molecule has 0 spiro atoms. The Bertz CT molecular complexity index is 470. The van der Waals surface area contributed by atoms with Crippen molar-refractivity contribution in [2.75, 3.05) is 19.7 Å². The van der Waals surface area contributed by atoms with Gasteiger partial charge in [-0.3, -0.25) is 4.90 Å². The molecule has 0 aromatic heterocycles. The number of rotatable bonds is 6. The van der Waals surface area contributed by atoms with Gasteiger partial charge in [0.1, 0.15) is 24.5 Å². The maximum Gasteiger partial charge on any atom is 0.137 e. The number of likely N-dealkylation sites (tertiary alicyclic amines) is 1. The Kier molecular flexibility index (Phi) is 5.40. The highest BCUT2D eigenvalue weighted by atomic mass is 16.5. The zero-order chi connectivity index (χ0) is 14.4. The van der Waals surface area contributed by atoms with Crippen molar-refractivity contribution in [2.24, 2.45) is 0 Å². The van der Waals surface area contributed by atoms with E-state index in [9.17, 15) is 5.11 Å². The van der Waals surface area contributed by atoms with Gasteiger partial charge >= 0.3 is 0 Å². The SMILES string of the molecule is CCC1CCCN1CC(O)COc1ccccc1C#N. The maximum atomic E-state index is 10.1. The van der Waals surface area contributed by atoms with E-state index >= 15 is 0 Å². The van der Waals surface area contributed by atoms with Crippen LogP contribution in [0.2, 0.25) is 0 Å². The van der Waals surface area contributed by atoms with Crippen molar-refractivity contribution in [1.82, 2.24) is 4.90 Å². The molecule has 0 amide bonds. The van der Waals surface area contributed by atoms with Gasteiger partial charge in [-0.15, -0.1) is 0 Å². The van der Waals surface area contributed by atoms with Crippen LogP contribution in [0.15, 0.2) is 24.3 Å². The van der Waals surface area contributed by atoms with Crippen molar-refractivity contribution < 1.29 is 9.84 Å². The largest absolute Gasteiger partial charge is 0.489 e. The molecule has 1 aromatic rings. The molecule has 1 N–H and O–H groups in total. The first-order valence-corrected chi connectivity index (χ1v) is 7.28. The normalized spacial score (nSPS) is 20.6. The van der Waals surface area contributed by atoms with Crippen LogP contribution in [0.25, 0.3) is 0 Å². The number of aliphatic hydroxyl groups is 1. The molecule has 4 heteroatoms. The van der Waals surface area contributed by atoms with E-state index in [4.69, 9.17) is 10.00 Å². The first kappa shape index (κ1) is 14.8. The molecule has 2 rings (SSSR count). The van der Waals surface area contributed by atoms with Gasteiger partial charge in [0.25, 0.3) is 0 Å². The van der Waals surface area contributed by atoms with Crippen LogP contribution in [0.1, 0.15) is 31.7 Å². The van der Waals surface area contributed by atoms with E-state index in [1.54, 1.807) is 18.2 Å². The lowest BCUT2D eigenvalue weighted by atomic mass is 10.1. The van der Waals surface area contributed by atoms with Gasteiger partial charge in [-0.05, 0) is 37.9 Å². The molecule has 108 valence electrons. The Balaban J connectivity index is 1.83. The van der Waals surface area contributed by atoms with Crippen molar-refractivity contribution in [3.8, 4) is 11.8 Å². The predicted molar refractivity (Wildman–Crippen MR) is 77.5 cm³/mol. The molecule has 1 saturated heterocycles. The zero-order valence-corrected chi connectivity index (χ0v) is 12.0. The molecule has 2 atom stereocenters. The summed E-state index contributed by atoms with van der Waals surface area (Å²) in [5.74, 6) is 0.544. The molecular formula is C16H22N2O2. The Morgan fingerprint density at radius 1 is 1.50 bits per heavy atom. The molecule has 20 heavy (non-hydrogen) atoms. The number of nitrogens with zero attached hydrogens (tertiary/aromatic N) is 2. The fraction of sp³-hybridized carbons (Fsp3) is 0.562. The summed E-state index contributed by atoms with van der Waals surface area (Å²) >= 11 is 0. The van der Waals surface area contributed by atoms with Crippen LogP contribution in [0.4, 0.5) is 0 Å². The van der Waals surface area contributed by atoms with Crippen LogP contribution >= 0.6 is 0 Å². The van der Waals surface area contributed by atoms with Crippen LogP contribution in [0, 0.1) is 11.3 Å². The van der Waals surface area contributed by atoms with Crippen molar-refractivity contribution in [1.29, 1.82) is 5.26 Å². The third-order valence-electron chi connectivity index (χ3n) is 3.85. The summed E-state index contributed by atoms with van der Waals surface area (Å²) in [5, 5.41) is 19.1. The summed E-state index contributed by atoms with van der Waals surface area (Å²) in [6.45, 7) is 4.12. The second-order valence-electron chi connectivity index (χ2n) is 5.27. The number of nitriles is 1. The highest BCUT2D eigenvalue weighted by Crippen LogP contribution is 2.20. The topological polar surface area (TPSA) is 56.5 Å². The molecule has 1 heterocycles. The van der Waals surface area contributed by atoms with Gasteiger partial charge in [0.05, 0.1) is 5.56 Å². The Labute approximate surface area is 120 Å². The second-order valence-corrected chi connectivity index (χ2v) is 5.27. The number of β-amino-alcohol motifs (C(OH)–C–C–N with tert-alkyl or cyclic N) is 1. The Morgan fingerprint density at radius 3 is 3.05 bits per heavy atom. The highest BCUT2D eigenvalue weighted by Gasteiger charge is 2.24. The molecule has 0 radical (unpaired) electrons. The average Bonchev–Trinajstić information content (AvgIpc) is 2.92. The summed E-state index contributed by atoms with van der Waals surface area (Å²) < 4.78 is 5.57. The standard InChI is InChI=1S/C16H22N2O2/c1-2-14-7-5-9-18(14)11-15(19)12-20-16-8-4-3-6-13(16)10-17/h3-4,6,8,14-15,19H,2,5,7,9,11-12H2,1H3. The van der Waals surface area contributed by atoms with Crippen LogP contribution < -0.4 is 4.74 Å². The van der Waals surface area contributed by atoms with Crippen molar-refractivity contribution >= 4 is 0 Å². The Morgan fingerprint density at radius 2 is 2.30 bits per heavy atom. The van der Waals surface area contributed by atoms with Crippen molar-refractivity contribution in [3.63, 3.8) is 0 Å². The minimum atomic E-state index is -0.520. The molecular weight excluding hydrogens is 252 g/mol. The lowest BCUT2D eigenvalue weighted by Gasteiger charge is -2.25. The second kappa shape index (κ2) is 7.28. The van der Waals surface area contributed by atoms with Gasteiger partial charge in [-0.25, -0.2) is 0 Å². The molecule has 0 aliphatic carbocycles. The summed E-state index contributed by atoms with van der Waals surface area (Å²) in [6.07, 6.45) is 3.05. The fourth-order valence-electron chi connectivity index (χ4n) is 2.79. The van der Waals surface area contributed by atoms with Gasteiger partial charge in [0.2, 0.25) is 0 Å². The number of ether oxygens (including phenoxy) is 1. The molecule has 1 aliphatic heterocycles. The number of hydrogen-bond acceptors (Lipinski definition) is 4. The first-order valence-electron chi connectivity index (χ1n) is 7.28. The minimum Gasteiger partial charge on any atom is -0.489 e. The van der Waals surface area contributed by atoms with Crippen molar-refractivity contribution in [3.05, 3.63) is 29.8 Å². The lowest BCUT2D eigenvalue weighted by Crippen LogP contribution is -2.38. The highest BCUT2D eigenvalue weighted by molar-refractivity contribution is 5.42. The Hall–Kier alpha value is -1.57. The third-order valence-corrected chi connectivity index (χ3v) is 3.85. The molecule has 4 nitrogen and oxygen atoms in total. The van der Waals surface area contributed by atoms with E-state index in [1.165, 1.54) is 12.8 Å². The first-order chi connectivity index (χ1) is 9.74. The molecule has 0 saturated carbocycles. The number of hydrogen-bond donors (Lipinski definition) is 1. The van der Waals surface area contributed by atoms with Crippen LogP contribution in [-0.4, -0.2) is 41.8 Å². The summed E-state index contributed by atoms with van der Waals surface area (Å²) in [6, 6.07) is 9.80. The van der Waals surface area contributed by atoms with Crippen LogP contribution in [-0.2, 0) is 0 Å². The van der Waals surface area contributed by atoms with E-state index < -0.39 is 6.10 Å². The summed E-state index contributed by atoms with van der Waals surface area (Å²) in [5.41, 5.74) is 0.507. The molecule has 1 fully saturated rings. The van der Waals surface area contributed by atoms with Crippen molar-refractivity contribution in [2.45, 2.75) is 38.3 Å². The molecule has 1 aliphatic rings. The number of benzene rings is 1. The fourth-order valence-corrected chi connectivity index (χ4v) is 2.79. The van der Waals surface area contributed by atoms with Gasteiger partial charge < -0.3 is 9.84 Å². The van der Waals surface area contributed by atoms with E-state index in [0.717, 1.165) is 13.0 Å². The lowest BCUT2D eigenvalue weighted by molar-refractivity contribution is 0.0633. The van der Waals surface area contributed by atoms with E-state index in [1.807, 2.05) is 6.07 Å². The monoisotopic (exact) mass is 274 g/mol. The minimum absolute atomic E-state index is 0.228. The maximum absolute atomic E-state index is 10.1. The van der Waals surface area contributed by atoms with Gasteiger partial charge in [-0.2, -0.15) is 5.26 Å². The predicted octanol–water partition coefficient (Wildman–Crippen LogP) is 2.17. The van der Waals surface area contributed by atoms with Crippen LogP contribution in [0.3, 0.4) is 0 Å². The summed E-state index contributed by atoms with van der Waals surface area (Å²) in [7, 11) is 0.